The quantitative estimate of drug-likeness (QED) is 0.870. The van der Waals surface area contributed by atoms with E-state index in [2.05, 4.69) is 5.32 Å². The Morgan fingerprint density at radius 1 is 1.07 bits per heavy atom. The van der Waals surface area contributed by atoms with Crippen molar-refractivity contribution in [3.05, 3.63) is 47.0 Å². The lowest BCUT2D eigenvalue weighted by Gasteiger charge is -2.26. The molecule has 0 saturated heterocycles. The van der Waals surface area contributed by atoms with Crippen LogP contribution in [-0.4, -0.2) is 38.4 Å². The summed E-state index contributed by atoms with van der Waals surface area (Å²) in [5.74, 6) is 2.43. The van der Waals surface area contributed by atoms with Crippen LogP contribution < -0.4 is 24.3 Å². The van der Waals surface area contributed by atoms with Gasteiger partial charge in [-0.1, -0.05) is 23.7 Å². The molecule has 4 rings (SSSR count). The van der Waals surface area contributed by atoms with Crippen LogP contribution in [0.2, 0.25) is 5.02 Å². The van der Waals surface area contributed by atoms with Crippen LogP contribution in [-0.2, 0) is 11.2 Å². The molecule has 1 N–H and O–H groups in total. The summed E-state index contributed by atoms with van der Waals surface area (Å²) in [5.41, 5.74) is 0.771. The summed E-state index contributed by atoms with van der Waals surface area (Å²) < 4.78 is 22.8. The van der Waals surface area contributed by atoms with Crippen LogP contribution in [0, 0.1) is 0 Å². The smallest absolute Gasteiger partial charge is 0.224 e. The van der Waals surface area contributed by atoms with Gasteiger partial charge >= 0.3 is 0 Å². The van der Waals surface area contributed by atoms with Gasteiger partial charge in [-0.25, -0.2) is 0 Å². The molecular weight excluding hydrogens is 370 g/mol. The van der Waals surface area contributed by atoms with Crippen LogP contribution in [0.5, 0.6) is 23.0 Å². The van der Waals surface area contributed by atoms with Crippen LogP contribution in [0.4, 0.5) is 0 Å². The molecule has 0 saturated carbocycles. The zero-order chi connectivity index (χ0) is 18.6. The number of nitrogens with one attached hydrogen (secondary N) is 1. The maximum Gasteiger partial charge on any atom is 0.224 e. The first-order valence-corrected chi connectivity index (χ1v) is 9.30. The summed E-state index contributed by atoms with van der Waals surface area (Å²) in [7, 11) is 0. The molecule has 0 fully saturated rings. The first kappa shape index (κ1) is 17.8. The Kier molecular flexibility index (Phi) is 5.25. The summed E-state index contributed by atoms with van der Waals surface area (Å²) in [5, 5.41) is 3.34. The van der Waals surface area contributed by atoms with E-state index in [1.54, 1.807) is 6.07 Å². The molecule has 2 heterocycles. The van der Waals surface area contributed by atoms with E-state index in [0.29, 0.717) is 48.6 Å². The summed E-state index contributed by atoms with van der Waals surface area (Å²) in [4.78, 5) is 12.3. The standard InChI is InChI=1S/C20H20ClNO5/c21-15-8-13(9-18-20(15)25-7-3-6-24-18)10-19(23)22-11-14-12-26-16-4-1-2-5-17(16)27-14/h1-2,4-5,8-9,14H,3,6-7,10-12H2,(H,22,23)/t14-/m0/s1. The van der Waals surface area contributed by atoms with Crippen LogP contribution in [0.25, 0.3) is 0 Å². The predicted octanol–water partition coefficient (Wildman–Crippen LogP) is 3.00. The molecule has 0 radical (unpaired) electrons. The molecule has 0 unspecified atom stereocenters. The maximum atomic E-state index is 12.3. The van der Waals surface area contributed by atoms with Gasteiger partial charge in [0.1, 0.15) is 12.7 Å². The Balaban J connectivity index is 1.34. The van der Waals surface area contributed by atoms with Gasteiger partial charge in [-0.2, -0.15) is 0 Å². The highest BCUT2D eigenvalue weighted by atomic mass is 35.5. The number of rotatable bonds is 4. The summed E-state index contributed by atoms with van der Waals surface area (Å²) >= 11 is 6.28. The van der Waals surface area contributed by atoms with Crippen molar-refractivity contribution in [2.75, 3.05) is 26.4 Å². The van der Waals surface area contributed by atoms with Crippen molar-refractivity contribution in [1.29, 1.82) is 0 Å². The average molecular weight is 390 g/mol. The minimum atomic E-state index is -0.226. The second kappa shape index (κ2) is 7.96. The van der Waals surface area contributed by atoms with E-state index in [1.807, 2.05) is 30.3 Å². The molecule has 2 aromatic carbocycles. The molecule has 2 aliphatic rings. The van der Waals surface area contributed by atoms with Gasteiger partial charge in [-0.3, -0.25) is 4.79 Å². The third-order valence-corrected chi connectivity index (χ3v) is 4.60. The van der Waals surface area contributed by atoms with Gasteiger partial charge in [-0.15, -0.1) is 0 Å². The fraction of sp³-hybridized carbons (Fsp3) is 0.350. The highest BCUT2D eigenvalue weighted by Gasteiger charge is 2.21. The van der Waals surface area contributed by atoms with Crippen molar-refractivity contribution in [2.24, 2.45) is 0 Å². The van der Waals surface area contributed by atoms with E-state index < -0.39 is 0 Å². The van der Waals surface area contributed by atoms with Gasteiger partial charge in [0.15, 0.2) is 23.0 Å². The molecule has 0 bridgehead atoms. The molecule has 7 heteroatoms. The summed E-state index contributed by atoms with van der Waals surface area (Å²) in [6.07, 6.45) is 0.768. The number of halogens is 1. The topological polar surface area (TPSA) is 66.0 Å². The fourth-order valence-corrected chi connectivity index (χ4v) is 3.31. The van der Waals surface area contributed by atoms with E-state index in [-0.39, 0.29) is 18.4 Å². The van der Waals surface area contributed by atoms with Gasteiger partial charge in [0.25, 0.3) is 0 Å². The Morgan fingerprint density at radius 2 is 1.89 bits per heavy atom. The average Bonchev–Trinajstić information content (AvgIpc) is 2.92. The van der Waals surface area contributed by atoms with Gasteiger partial charge < -0.3 is 24.3 Å². The van der Waals surface area contributed by atoms with Crippen molar-refractivity contribution in [1.82, 2.24) is 5.32 Å². The van der Waals surface area contributed by atoms with E-state index in [9.17, 15) is 4.79 Å². The largest absolute Gasteiger partial charge is 0.489 e. The molecule has 6 nitrogen and oxygen atoms in total. The predicted molar refractivity (Wildman–Crippen MR) is 100 cm³/mol. The minimum Gasteiger partial charge on any atom is -0.489 e. The Bertz CT molecular complexity index is 841. The van der Waals surface area contributed by atoms with Crippen molar-refractivity contribution in [2.45, 2.75) is 18.9 Å². The van der Waals surface area contributed by atoms with Crippen LogP contribution in [0.15, 0.2) is 36.4 Å². The number of ether oxygens (including phenoxy) is 4. The first-order valence-electron chi connectivity index (χ1n) is 8.92. The third-order valence-electron chi connectivity index (χ3n) is 4.32. The van der Waals surface area contributed by atoms with Crippen molar-refractivity contribution in [3.8, 4) is 23.0 Å². The van der Waals surface area contributed by atoms with Gasteiger partial charge in [0, 0.05) is 6.42 Å². The van der Waals surface area contributed by atoms with Crippen LogP contribution >= 0.6 is 11.6 Å². The second-order valence-corrected chi connectivity index (χ2v) is 6.84. The van der Waals surface area contributed by atoms with E-state index >= 15 is 0 Å². The molecule has 0 spiro atoms. The van der Waals surface area contributed by atoms with Crippen molar-refractivity contribution >= 4 is 17.5 Å². The van der Waals surface area contributed by atoms with Gasteiger partial charge in [0.2, 0.25) is 5.91 Å². The lowest BCUT2D eigenvalue weighted by Crippen LogP contribution is -2.41. The molecule has 27 heavy (non-hydrogen) atoms. The Hall–Kier alpha value is -2.60. The third kappa shape index (κ3) is 4.22. The lowest BCUT2D eigenvalue weighted by molar-refractivity contribution is -0.120. The van der Waals surface area contributed by atoms with Crippen molar-refractivity contribution in [3.63, 3.8) is 0 Å². The van der Waals surface area contributed by atoms with E-state index in [4.69, 9.17) is 30.5 Å². The zero-order valence-corrected chi connectivity index (χ0v) is 15.5. The van der Waals surface area contributed by atoms with Gasteiger partial charge in [-0.05, 0) is 29.8 Å². The Morgan fingerprint density at radius 3 is 2.78 bits per heavy atom. The monoisotopic (exact) mass is 389 g/mol. The number of benzene rings is 2. The fourth-order valence-electron chi connectivity index (χ4n) is 3.03. The number of carbonyl (C=O) groups excluding carboxylic acids is 1. The molecule has 2 aromatic rings. The highest BCUT2D eigenvalue weighted by Crippen LogP contribution is 2.38. The Labute approximate surface area is 162 Å². The number of amides is 1. The van der Waals surface area contributed by atoms with Crippen LogP contribution in [0.3, 0.4) is 0 Å². The van der Waals surface area contributed by atoms with E-state index in [0.717, 1.165) is 17.7 Å². The van der Waals surface area contributed by atoms with Crippen molar-refractivity contribution < 1.29 is 23.7 Å². The number of para-hydroxylation sites is 2. The molecule has 1 amide bonds. The lowest BCUT2D eigenvalue weighted by atomic mass is 10.1. The zero-order valence-electron chi connectivity index (χ0n) is 14.7. The molecule has 1 atom stereocenters. The molecule has 0 aromatic heterocycles. The summed E-state index contributed by atoms with van der Waals surface area (Å²) in [6.45, 7) is 1.90. The molecular formula is C20H20ClNO5. The maximum absolute atomic E-state index is 12.3. The summed E-state index contributed by atoms with van der Waals surface area (Å²) in [6, 6.07) is 11.0. The number of carbonyl (C=O) groups is 1. The highest BCUT2D eigenvalue weighted by molar-refractivity contribution is 6.32. The molecule has 142 valence electrons. The van der Waals surface area contributed by atoms with E-state index in [1.165, 1.54) is 0 Å². The minimum absolute atomic E-state index is 0.122. The SMILES string of the molecule is O=C(Cc1cc(Cl)c2c(c1)OCCCO2)NC[C@H]1COc2ccccc2O1. The number of hydrogen-bond acceptors (Lipinski definition) is 5. The molecule has 2 aliphatic heterocycles. The normalized spacial score (nSPS) is 17.7. The van der Waals surface area contributed by atoms with Gasteiger partial charge in [0.05, 0.1) is 31.2 Å². The first-order chi connectivity index (χ1) is 13.2. The molecule has 0 aliphatic carbocycles. The number of fused-ring (bicyclic) bond motifs is 2. The van der Waals surface area contributed by atoms with Crippen LogP contribution in [0.1, 0.15) is 12.0 Å². The second-order valence-electron chi connectivity index (χ2n) is 6.43. The number of hydrogen-bond donors (Lipinski definition) is 1.